The molecule has 2 rings (SSSR count). The first kappa shape index (κ1) is 13.5. The SMILES string of the molecule is COC(c1noc(-c2ccc(F)cc2O)n1)C(C)C. The first-order valence-corrected chi connectivity index (χ1v) is 5.88. The Hall–Kier alpha value is -1.95. The van der Waals surface area contributed by atoms with E-state index in [0.29, 0.717) is 11.4 Å². The van der Waals surface area contributed by atoms with E-state index in [-0.39, 0.29) is 23.7 Å². The quantitative estimate of drug-likeness (QED) is 0.921. The van der Waals surface area contributed by atoms with Crippen LogP contribution in [0.25, 0.3) is 11.5 Å². The van der Waals surface area contributed by atoms with E-state index in [1.807, 2.05) is 13.8 Å². The number of rotatable bonds is 4. The molecule has 1 aromatic heterocycles. The molecule has 2 aromatic rings. The molecule has 1 aromatic carbocycles. The lowest BCUT2D eigenvalue weighted by Gasteiger charge is -2.14. The molecule has 0 amide bonds. The molecule has 1 unspecified atom stereocenters. The van der Waals surface area contributed by atoms with Crippen molar-refractivity contribution >= 4 is 0 Å². The Bertz CT molecular complexity index is 569. The third kappa shape index (κ3) is 2.73. The lowest BCUT2D eigenvalue weighted by molar-refractivity contribution is 0.0556. The van der Waals surface area contributed by atoms with Gasteiger partial charge >= 0.3 is 0 Å². The number of hydrogen-bond donors (Lipinski definition) is 1. The van der Waals surface area contributed by atoms with Crippen LogP contribution in [0.1, 0.15) is 25.8 Å². The van der Waals surface area contributed by atoms with Gasteiger partial charge in [-0.2, -0.15) is 4.98 Å². The first-order chi connectivity index (χ1) is 9.02. The van der Waals surface area contributed by atoms with E-state index in [0.717, 1.165) is 6.07 Å². The third-order valence-corrected chi connectivity index (χ3v) is 2.75. The highest BCUT2D eigenvalue weighted by Crippen LogP contribution is 2.30. The summed E-state index contributed by atoms with van der Waals surface area (Å²) in [4.78, 5) is 4.18. The van der Waals surface area contributed by atoms with Crippen molar-refractivity contribution in [2.45, 2.75) is 20.0 Å². The molecule has 5 nitrogen and oxygen atoms in total. The van der Waals surface area contributed by atoms with Gasteiger partial charge in [-0.1, -0.05) is 19.0 Å². The summed E-state index contributed by atoms with van der Waals surface area (Å²) < 4.78 is 23.3. The predicted molar refractivity (Wildman–Crippen MR) is 65.9 cm³/mol. The highest BCUT2D eigenvalue weighted by Gasteiger charge is 2.22. The number of nitrogens with zero attached hydrogens (tertiary/aromatic N) is 2. The lowest BCUT2D eigenvalue weighted by atomic mass is 10.1. The molecule has 19 heavy (non-hydrogen) atoms. The summed E-state index contributed by atoms with van der Waals surface area (Å²) in [5, 5.41) is 13.5. The molecule has 0 saturated heterocycles. The fourth-order valence-corrected chi connectivity index (χ4v) is 1.82. The largest absolute Gasteiger partial charge is 0.507 e. The molecule has 0 aliphatic heterocycles. The van der Waals surface area contributed by atoms with Crippen LogP contribution in [0.5, 0.6) is 5.75 Å². The summed E-state index contributed by atoms with van der Waals surface area (Å²) in [5.41, 5.74) is 0.291. The van der Waals surface area contributed by atoms with Crippen molar-refractivity contribution in [1.29, 1.82) is 0 Å². The number of aromatic nitrogens is 2. The molecule has 1 N–H and O–H groups in total. The maximum atomic E-state index is 12.9. The van der Waals surface area contributed by atoms with Crippen molar-refractivity contribution in [3.05, 3.63) is 29.8 Å². The van der Waals surface area contributed by atoms with Gasteiger partial charge in [-0.05, 0) is 18.1 Å². The number of halogens is 1. The van der Waals surface area contributed by atoms with Gasteiger partial charge < -0.3 is 14.4 Å². The molecule has 0 saturated carbocycles. The number of methoxy groups -OCH3 is 1. The van der Waals surface area contributed by atoms with Gasteiger partial charge in [-0.25, -0.2) is 4.39 Å². The zero-order valence-electron chi connectivity index (χ0n) is 10.9. The summed E-state index contributed by atoms with van der Waals surface area (Å²) in [5.74, 6) is -0.0599. The zero-order valence-corrected chi connectivity index (χ0v) is 10.9. The molecule has 0 spiro atoms. The van der Waals surface area contributed by atoms with Gasteiger partial charge in [0.05, 0.1) is 5.56 Å². The molecule has 1 atom stereocenters. The van der Waals surface area contributed by atoms with Gasteiger partial charge in [-0.15, -0.1) is 0 Å². The van der Waals surface area contributed by atoms with Gasteiger partial charge in [0.15, 0.2) is 0 Å². The van der Waals surface area contributed by atoms with Gasteiger partial charge in [-0.3, -0.25) is 0 Å². The Morgan fingerprint density at radius 3 is 2.68 bits per heavy atom. The first-order valence-electron chi connectivity index (χ1n) is 5.88. The summed E-state index contributed by atoms with van der Waals surface area (Å²) in [6, 6.07) is 3.60. The van der Waals surface area contributed by atoms with Crippen LogP contribution in [0.3, 0.4) is 0 Å². The maximum absolute atomic E-state index is 12.9. The van der Waals surface area contributed by atoms with Gasteiger partial charge in [0.1, 0.15) is 17.7 Å². The van der Waals surface area contributed by atoms with E-state index in [4.69, 9.17) is 9.26 Å². The van der Waals surface area contributed by atoms with Crippen molar-refractivity contribution in [1.82, 2.24) is 10.1 Å². The fourth-order valence-electron chi connectivity index (χ4n) is 1.82. The predicted octanol–water partition coefficient (Wildman–Crippen LogP) is 2.92. The monoisotopic (exact) mass is 266 g/mol. The summed E-state index contributed by atoms with van der Waals surface area (Å²) >= 11 is 0. The second-order valence-electron chi connectivity index (χ2n) is 4.52. The third-order valence-electron chi connectivity index (χ3n) is 2.75. The number of aromatic hydroxyl groups is 1. The molecular formula is C13H15FN2O3. The Morgan fingerprint density at radius 1 is 1.37 bits per heavy atom. The molecule has 0 radical (unpaired) electrons. The van der Waals surface area contributed by atoms with E-state index < -0.39 is 5.82 Å². The van der Waals surface area contributed by atoms with Crippen molar-refractivity contribution in [2.24, 2.45) is 5.92 Å². The molecule has 102 valence electrons. The minimum absolute atomic E-state index is 0.134. The standard InChI is InChI=1S/C13H15FN2O3/c1-7(2)11(18-3)12-15-13(19-16-12)9-5-4-8(14)6-10(9)17/h4-7,11,17H,1-3H3. The highest BCUT2D eigenvalue weighted by atomic mass is 19.1. The van der Waals surface area contributed by atoms with Crippen molar-refractivity contribution in [3.8, 4) is 17.2 Å². The second-order valence-corrected chi connectivity index (χ2v) is 4.52. The Morgan fingerprint density at radius 2 is 2.11 bits per heavy atom. The summed E-state index contributed by atoms with van der Waals surface area (Å²) in [7, 11) is 1.57. The lowest BCUT2D eigenvalue weighted by Crippen LogP contribution is -2.10. The van der Waals surface area contributed by atoms with E-state index in [9.17, 15) is 9.50 Å². The molecule has 0 fully saturated rings. The van der Waals surface area contributed by atoms with Crippen LogP contribution in [0.4, 0.5) is 4.39 Å². The zero-order chi connectivity index (χ0) is 14.0. The van der Waals surface area contributed by atoms with Crippen LogP contribution in [-0.4, -0.2) is 22.4 Å². The van der Waals surface area contributed by atoms with Crippen LogP contribution < -0.4 is 0 Å². The average Bonchev–Trinajstić information content (AvgIpc) is 2.78. The maximum Gasteiger partial charge on any atom is 0.261 e. The topological polar surface area (TPSA) is 68.4 Å². The normalized spacial score (nSPS) is 12.9. The minimum Gasteiger partial charge on any atom is -0.507 e. The number of phenols is 1. The van der Waals surface area contributed by atoms with Crippen LogP contribution >= 0.6 is 0 Å². The number of phenolic OH excluding ortho intramolecular Hbond substituents is 1. The molecule has 0 bridgehead atoms. The van der Waals surface area contributed by atoms with Crippen LogP contribution in [0.2, 0.25) is 0 Å². The fraction of sp³-hybridized carbons (Fsp3) is 0.385. The second kappa shape index (κ2) is 5.36. The molecule has 0 aliphatic carbocycles. The van der Waals surface area contributed by atoms with E-state index in [2.05, 4.69) is 10.1 Å². The average molecular weight is 266 g/mol. The van der Waals surface area contributed by atoms with E-state index >= 15 is 0 Å². The van der Waals surface area contributed by atoms with Gasteiger partial charge in [0.2, 0.25) is 5.82 Å². The number of benzene rings is 1. The Kier molecular flexibility index (Phi) is 3.80. The Labute approximate surface area is 110 Å². The number of ether oxygens (including phenoxy) is 1. The smallest absolute Gasteiger partial charge is 0.261 e. The van der Waals surface area contributed by atoms with Crippen molar-refractivity contribution in [3.63, 3.8) is 0 Å². The van der Waals surface area contributed by atoms with Gasteiger partial charge in [0.25, 0.3) is 5.89 Å². The van der Waals surface area contributed by atoms with Crippen LogP contribution in [-0.2, 0) is 4.74 Å². The molecule has 0 aliphatic rings. The van der Waals surface area contributed by atoms with Crippen molar-refractivity contribution < 1.29 is 18.8 Å². The summed E-state index contributed by atoms with van der Waals surface area (Å²) in [6.07, 6.45) is -0.292. The summed E-state index contributed by atoms with van der Waals surface area (Å²) in [6.45, 7) is 3.94. The number of hydrogen-bond acceptors (Lipinski definition) is 5. The molecule has 1 heterocycles. The molecule has 6 heteroatoms. The van der Waals surface area contributed by atoms with E-state index in [1.54, 1.807) is 7.11 Å². The minimum atomic E-state index is -0.530. The van der Waals surface area contributed by atoms with Gasteiger partial charge in [0, 0.05) is 13.2 Å². The van der Waals surface area contributed by atoms with E-state index in [1.165, 1.54) is 12.1 Å². The van der Waals surface area contributed by atoms with Crippen molar-refractivity contribution in [2.75, 3.05) is 7.11 Å². The highest BCUT2D eigenvalue weighted by molar-refractivity contribution is 5.61. The Balaban J connectivity index is 2.35. The van der Waals surface area contributed by atoms with Crippen LogP contribution in [0, 0.1) is 11.7 Å². The van der Waals surface area contributed by atoms with Crippen LogP contribution in [0.15, 0.2) is 22.7 Å². The molecular weight excluding hydrogens is 251 g/mol.